The molecule has 1 aliphatic rings. The van der Waals surface area contributed by atoms with Crippen LogP contribution in [0.1, 0.15) is 6.92 Å². The third-order valence-electron chi connectivity index (χ3n) is 2.99. The Morgan fingerprint density at radius 3 is 2.94 bits per heavy atom. The molecular weight excluding hydrogens is 234 g/mol. The van der Waals surface area contributed by atoms with Crippen molar-refractivity contribution in [1.82, 2.24) is 5.32 Å². The smallest absolute Gasteiger partial charge is 0.0923 e. The quantitative estimate of drug-likeness (QED) is 0.862. The summed E-state index contributed by atoms with van der Waals surface area (Å²) in [4.78, 5) is 2.31. The van der Waals surface area contributed by atoms with Gasteiger partial charge in [-0.15, -0.1) is 0 Å². The maximum Gasteiger partial charge on any atom is 0.0923 e. The lowest BCUT2D eigenvalue weighted by atomic mass is 10.1. The summed E-state index contributed by atoms with van der Waals surface area (Å²) < 4.78 is 0. The van der Waals surface area contributed by atoms with Crippen molar-refractivity contribution in [2.75, 3.05) is 24.5 Å². The summed E-state index contributed by atoms with van der Waals surface area (Å²) in [6, 6.07) is 7.97. The van der Waals surface area contributed by atoms with Crippen LogP contribution in [0.25, 0.3) is 0 Å². The highest BCUT2D eigenvalue weighted by atomic mass is 35.5. The molecule has 4 heteroatoms. The molecule has 1 aromatic rings. The van der Waals surface area contributed by atoms with Gasteiger partial charge in [0.05, 0.1) is 5.82 Å². The van der Waals surface area contributed by atoms with E-state index in [1.54, 1.807) is 0 Å². The minimum absolute atomic E-state index is 0.467. The monoisotopic (exact) mass is 251 g/mol. The second-order valence-corrected chi connectivity index (χ2v) is 4.72. The zero-order valence-corrected chi connectivity index (χ0v) is 10.7. The summed E-state index contributed by atoms with van der Waals surface area (Å²) in [5, 5.41) is 3.93. The highest BCUT2D eigenvalue weighted by Crippen LogP contribution is 2.21. The van der Waals surface area contributed by atoms with Crippen LogP contribution in [0.4, 0.5) is 5.69 Å². The number of nitrogens with zero attached hydrogens (tertiary/aromatic N) is 1. The van der Waals surface area contributed by atoms with Crippen LogP contribution < -0.4 is 16.0 Å². The number of anilines is 1. The van der Waals surface area contributed by atoms with Gasteiger partial charge in [-0.25, -0.2) is 0 Å². The Labute approximate surface area is 107 Å². The molecule has 0 aliphatic carbocycles. The Bertz CT molecular complexity index is 417. The van der Waals surface area contributed by atoms with E-state index in [9.17, 15) is 0 Å². The fourth-order valence-corrected chi connectivity index (χ4v) is 2.30. The Hall–Kier alpha value is -1.35. The van der Waals surface area contributed by atoms with Gasteiger partial charge in [0.15, 0.2) is 0 Å². The molecule has 3 nitrogen and oxygen atoms in total. The molecule has 1 atom stereocenters. The molecule has 0 radical (unpaired) electrons. The van der Waals surface area contributed by atoms with Crippen LogP contribution in [-0.4, -0.2) is 19.6 Å². The van der Waals surface area contributed by atoms with E-state index in [1.165, 1.54) is 5.69 Å². The fraction of sp³-hybridized carbons (Fsp3) is 0.385. The van der Waals surface area contributed by atoms with Gasteiger partial charge in [0, 0.05) is 36.3 Å². The van der Waals surface area contributed by atoms with Crippen molar-refractivity contribution in [3.63, 3.8) is 0 Å². The lowest BCUT2D eigenvalue weighted by molar-refractivity contribution is 0.624. The number of rotatable bonds is 4. The van der Waals surface area contributed by atoms with E-state index >= 15 is 0 Å². The Balaban J connectivity index is 2.06. The van der Waals surface area contributed by atoms with Gasteiger partial charge in [0.2, 0.25) is 0 Å². The van der Waals surface area contributed by atoms with Crippen LogP contribution in [0.2, 0.25) is 5.02 Å². The average molecular weight is 252 g/mol. The zero-order valence-electron chi connectivity index (χ0n) is 9.99. The van der Waals surface area contributed by atoms with Gasteiger partial charge in [-0.05, 0) is 31.2 Å². The molecule has 0 amide bonds. The standard InChI is InChI=1S/C13H18ClN3/c1-2-17(9-10-6-13(15)16-8-10)12-5-3-4-11(14)7-12/h3-7,10,16H,2,8-9,15H2,1H3/t10-/m0/s1. The zero-order chi connectivity index (χ0) is 12.3. The normalized spacial score (nSPS) is 18.7. The second-order valence-electron chi connectivity index (χ2n) is 4.28. The third-order valence-corrected chi connectivity index (χ3v) is 3.23. The molecular formula is C13H18ClN3. The number of hydrogen-bond acceptors (Lipinski definition) is 3. The van der Waals surface area contributed by atoms with Crippen LogP contribution in [0.15, 0.2) is 36.2 Å². The van der Waals surface area contributed by atoms with Crippen molar-refractivity contribution in [2.45, 2.75) is 6.92 Å². The van der Waals surface area contributed by atoms with Crippen molar-refractivity contribution < 1.29 is 0 Å². The summed E-state index contributed by atoms with van der Waals surface area (Å²) in [5.41, 5.74) is 6.88. The molecule has 1 aliphatic heterocycles. The molecule has 0 spiro atoms. The summed E-state index contributed by atoms with van der Waals surface area (Å²) in [6.07, 6.45) is 2.09. The summed E-state index contributed by atoms with van der Waals surface area (Å²) in [5.74, 6) is 1.26. The number of nitrogens with one attached hydrogen (secondary N) is 1. The highest BCUT2D eigenvalue weighted by molar-refractivity contribution is 6.30. The Morgan fingerprint density at radius 2 is 2.35 bits per heavy atom. The van der Waals surface area contributed by atoms with E-state index in [1.807, 2.05) is 18.2 Å². The highest BCUT2D eigenvalue weighted by Gasteiger charge is 2.16. The SMILES string of the molecule is CCN(C[C@H]1C=C(N)NC1)c1cccc(Cl)c1. The van der Waals surface area contributed by atoms with Crippen LogP contribution in [-0.2, 0) is 0 Å². The van der Waals surface area contributed by atoms with Gasteiger partial charge in [-0.3, -0.25) is 0 Å². The van der Waals surface area contributed by atoms with Gasteiger partial charge in [0.1, 0.15) is 0 Å². The van der Waals surface area contributed by atoms with Crippen LogP contribution in [0, 0.1) is 5.92 Å². The first-order valence-electron chi connectivity index (χ1n) is 5.90. The van der Waals surface area contributed by atoms with Crippen molar-refractivity contribution >= 4 is 17.3 Å². The molecule has 2 rings (SSSR count). The molecule has 3 N–H and O–H groups in total. The molecule has 0 bridgehead atoms. The largest absolute Gasteiger partial charge is 0.386 e. The summed E-state index contributed by atoms with van der Waals surface area (Å²) in [6.45, 7) is 4.99. The third kappa shape index (κ3) is 3.07. The fourth-order valence-electron chi connectivity index (χ4n) is 2.11. The number of hydrogen-bond donors (Lipinski definition) is 2. The Kier molecular flexibility index (Phi) is 3.79. The Morgan fingerprint density at radius 1 is 1.53 bits per heavy atom. The van der Waals surface area contributed by atoms with E-state index < -0.39 is 0 Å². The van der Waals surface area contributed by atoms with Gasteiger partial charge in [-0.1, -0.05) is 17.7 Å². The molecule has 0 unspecified atom stereocenters. The number of benzene rings is 1. The first-order valence-corrected chi connectivity index (χ1v) is 6.28. The lowest BCUT2D eigenvalue weighted by Crippen LogP contribution is -2.30. The average Bonchev–Trinajstić information content (AvgIpc) is 2.72. The van der Waals surface area contributed by atoms with E-state index in [4.69, 9.17) is 17.3 Å². The number of nitrogens with two attached hydrogens (primary N) is 1. The van der Waals surface area contributed by atoms with Crippen LogP contribution in [0.5, 0.6) is 0 Å². The molecule has 0 aromatic heterocycles. The molecule has 0 saturated heterocycles. The van der Waals surface area contributed by atoms with Crippen molar-refractivity contribution in [1.29, 1.82) is 0 Å². The number of halogens is 1. The molecule has 0 fully saturated rings. The van der Waals surface area contributed by atoms with Gasteiger partial charge in [0.25, 0.3) is 0 Å². The van der Waals surface area contributed by atoms with Gasteiger partial charge in [-0.2, -0.15) is 0 Å². The van der Waals surface area contributed by atoms with E-state index in [0.29, 0.717) is 5.92 Å². The minimum Gasteiger partial charge on any atom is -0.386 e. The van der Waals surface area contributed by atoms with Crippen LogP contribution in [0.3, 0.4) is 0 Å². The second kappa shape index (κ2) is 5.32. The first kappa shape index (κ1) is 12.1. The predicted molar refractivity (Wildman–Crippen MR) is 73.1 cm³/mol. The molecule has 1 heterocycles. The van der Waals surface area contributed by atoms with E-state index in [-0.39, 0.29) is 0 Å². The maximum absolute atomic E-state index is 6.01. The molecule has 17 heavy (non-hydrogen) atoms. The van der Waals surface area contributed by atoms with Crippen molar-refractivity contribution in [3.8, 4) is 0 Å². The molecule has 92 valence electrons. The van der Waals surface area contributed by atoms with Gasteiger partial charge < -0.3 is 16.0 Å². The van der Waals surface area contributed by atoms with Crippen molar-refractivity contribution in [2.24, 2.45) is 11.7 Å². The van der Waals surface area contributed by atoms with Gasteiger partial charge >= 0.3 is 0 Å². The predicted octanol–water partition coefficient (Wildman–Crippen LogP) is 2.19. The maximum atomic E-state index is 6.01. The van der Waals surface area contributed by atoms with E-state index in [2.05, 4.69) is 29.3 Å². The molecule has 1 aromatic carbocycles. The van der Waals surface area contributed by atoms with E-state index in [0.717, 1.165) is 30.5 Å². The summed E-state index contributed by atoms with van der Waals surface area (Å²) >= 11 is 6.01. The minimum atomic E-state index is 0.467. The summed E-state index contributed by atoms with van der Waals surface area (Å²) in [7, 11) is 0. The van der Waals surface area contributed by atoms with Crippen LogP contribution >= 0.6 is 11.6 Å². The van der Waals surface area contributed by atoms with Crippen molar-refractivity contribution in [3.05, 3.63) is 41.2 Å². The molecule has 0 saturated carbocycles. The first-order chi connectivity index (χ1) is 8.19. The lowest BCUT2D eigenvalue weighted by Gasteiger charge is -2.25. The topological polar surface area (TPSA) is 41.3 Å².